The molecule has 2 aliphatic carbocycles. The summed E-state index contributed by atoms with van der Waals surface area (Å²) in [6.07, 6.45) is 5.66. The van der Waals surface area contributed by atoms with Gasteiger partial charge in [-0.3, -0.25) is 9.59 Å². The third kappa shape index (κ3) is 2.85. The van der Waals surface area contributed by atoms with Crippen molar-refractivity contribution in [3.63, 3.8) is 0 Å². The van der Waals surface area contributed by atoms with E-state index in [9.17, 15) is 14.7 Å². The first-order chi connectivity index (χ1) is 12.7. The Morgan fingerprint density at radius 3 is 2.59 bits per heavy atom. The van der Waals surface area contributed by atoms with Crippen molar-refractivity contribution < 1.29 is 19.4 Å². The number of hydrogen-bond acceptors (Lipinski definition) is 4. The molecule has 1 aromatic rings. The number of ketones is 2. The second-order valence-electron chi connectivity index (χ2n) is 7.12. The number of methoxy groups -OCH3 is 1. The van der Waals surface area contributed by atoms with Gasteiger partial charge in [0.15, 0.2) is 23.1 Å². The summed E-state index contributed by atoms with van der Waals surface area (Å²) in [5, 5.41) is 10.3. The molecule has 0 aliphatic heterocycles. The summed E-state index contributed by atoms with van der Waals surface area (Å²) in [5.41, 5.74) is 1.16. The molecule has 3 rings (SSSR count). The van der Waals surface area contributed by atoms with Gasteiger partial charge in [0.1, 0.15) is 0 Å². The average Bonchev–Trinajstić information content (AvgIpc) is 2.64. The first-order valence-corrected chi connectivity index (χ1v) is 10.1. The highest BCUT2D eigenvalue weighted by atomic mass is 79.9. The first kappa shape index (κ1) is 20.1. The number of benzene rings is 1. The van der Waals surface area contributed by atoms with E-state index in [1.54, 1.807) is 19.1 Å². The van der Waals surface area contributed by atoms with Gasteiger partial charge in [0.05, 0.1) is 17.0 Å². The average molecular weight is 496 g/mol. The summed E-state index contributed by atoms with van der Waals surface area (Å²) in [7, 11) is 1.47. The number of carbonyl (C=O) groups is 2. The van der Waals surface area contributed by atoms with Crippen LogP contribution < -0.4 is 4.74 Å². The fourth-order valence-corrected chi connectivity index (χ4v) is 5.31. The van der Waals surface area contributed by atoms with Crippen LogP contribution in [0, 0.1) is 11.3 Å². The fourth-order valence-electron chi connectivity index (χ4n) is 4.35. The van der Waals surface area contributed by atoms with Crippen LogP contribution >= 0.6 is 31.9 Å². The van der Waals surface area contributed by atoms with Crippen LogP contribution in [-0.2, 0) is 9.59 Å². The second kappa shape index (κ2) is 7.06. The molecule has 27 heavy (non-hydrogen) atoms. The molecule has 0 saturated heterocycles. The predicted molar refractivity (Wildman–Crippen MR) is 111 cm³/mol. The van der Waals surface area contributed by atoms with Crippen molar-refractivity contribution in [2.45, 2.75) is 26.2 Å². The molecule has 6 heteroatoms. The van der Waals surface area contributed by atoms with Crippen LogP contribution in [0.2, 0.25) is 0 Å². The molecule has 0 saturated carbocycles. The van der Waals surface area contributed by atoms with E-state index < -0.39 is 17.3 Å². The van der Waals surface area contributed by atoms with Crippen LogP contribution in [0.4, 0.5) is 0 Å². The Kier molecular flexibility index (Phi) is 5.25. The number of Topliss-reactive ketones (excluding diaryl/α,β-unsaturated/α-hetero) is 1. The highest BCUT2D eigenvalue weighted by molar-refractivity contribution is 9.13. The molecule has 0 heterocycles. The molecule has 142 valence electrons. The molecule has 2 aliphatic rings. The Morgan fingerprint density at radius 2 is 2.00 bits per heavy atom. The minimum atomic E-state index is -0.946. The molecule has 3 atom stereocenters. The number of phenolic OH excluding ortho intramolecular Hbond substituents is 1. The highest BCUT2D eigenvalue weighted by Crippen LogP contribution is 2.57. The van der Waals surface area contributed by atoms with Gasteiger partial charge in [-0.2, -0.15) is 0 Å². The molecule has 3 unspecified atom stereocenters. The molecule has 1 aromatic carbocycles. The van der Waals surface area contributed by atoms with E-state index in [1.807, 2.05) is 13.0 Å². The second-order valence-corrected chi connectivity index (χ2v) is 8.70. The van der Waals surface area contributed by atoms with Crippen molar-refractivity contribution in [1.29, 1.82) is 0 Å². The molecular formula is C21H20Br2O4. The number of halogens is 2. The first-order valence-electron chi connectivity index (χ1n) is 8.52. The standard InChI is InChI=1S/C21H20Br2O4/c1-5-11-6-7-13-14(24)8-10(2)20(26)21(13,3)16(11)12-9-15(27-4)19(25)18(23)17(12)22/h5-6,8-9,13,16,25H,1,7H2,2-4H3. The Morgan fingerprint density at radius 1 is 1.33 bits per heavy atom. The Labute approximate surface area is 175 Å². The summed E-state index contributed by atoms with van der Waals surface area (Å²) in [5.74, 6) is -0.658. The van der Waals surface area contributed by atoms with E-state index in [2.05, 4.69) is 38.4 Å². The third-order valence-electron chi connectivity index (χ3n) is 5.74. The number of ether oxygens (including phenoxy) is 1. The van der Waals surface area contributed by atoms with Gasteiger partial charge in [-0.05, 0) is 74.1 Å². The summed E-state index contributed by atoms with van der Waals surface area (Å²) in [6, 6.07) is 1.71. The zero-order chi connectivity index (χ0) is 20.1. The summed E-state index contributed by atoms with van der Waals surface area (Å²) in [6.45, 7) is 7.46. The van der Waals surface area contributed by atoms with Gasteiger partial charge in [0.25, 0.3) is 0 Å². The van der Waals surface area contributed by atoms with Gasteiger partial charge in [-0.1, -0.05) is 25.7 Å². The third-order valence-corrected chi connectivity index (χ3v) is 7.89. The topological polar surface area (TPSA) is 63.6 Å². The number of rotatable bonds is 3. The van der Waals surface area contributed by atoms with Crippen LogP contribution in [0.3, 0.4) is 0 Å². The zero-order valence-electron chi connectivity index (χ0n) is 15.3. The number of allylic oxidation sites excluding steroid dienone is 5. The van der Waals surface area contributed by atoms with Crippen molar-refractivity contribution in [2.75, 3.05) is 7.11 Å². The Bertz CT molecular complexity index is 929. The quantitative estimate of drug-likeness (QED) is 0.622. The number of carbonyl (C=O) groups excluding carboxylic acids is 2. The van der Waals surface area contributed by atoms with Gasteiger partial charge >= 0.3 is 0 Å². The largest absolute Gasteiger partial charge is 0.503 e. The van der Waals surface area contributed by atoms with Crippen molar-refractivity contribution in [3.05, 3.63) is 56.5 Å². The van der Waals surface area contributed by atoms with Crippen LogP contribution in [0.15, 0.2) is 51.0 Å². The minimum Gasteiger partial charge on any atom is -0.503 e. The fraction of sp³-hybridized carbons (Fsp3) is 0.333. The lowest BCUT2D eigenvalue weighted by molar-refractivity contribution is -0.137. The van der Waals surface area contributed by atoms with E-state index in [0.29, 0.717) is 20.9 Å². The number of hydrogen-bond donors (Lipinski definition) is 1. The maximum atomic E-state index is 13.3. The van der Waals surface area contributed by atoms with Crippen molar-refractivity contribution in [3.8, 4) is 11.5 Å². The Hall–Kier alpha value is -1.66. The molecule has 0 radical (unpaired) electrons. The van der Waals surface area contributed by atoms with E-state index in [4.69, 9.17) is 4.74 Å². The van der Waals surface area contributed by atoms with Crippen LogP contribution in [0.1, 0.15) is 31.7 Å². The summed E-state index contributed by atoms with van der Waals surface area (Å²) >= 11 is 6.93. The molecule has 0 amide bonds. The van der Waals surface area contributed by atoms with Gasteiger partial charge in [-0.15, -0.1) is 0 Å². The van der Waals surface area contributed by atoms with Crippen LogP contribution in [0.25, 0.3) is 0 Å². The minimum absolute atomic E-state index is 0.0279. The number of phenols is 1. The molecular weight excluding hydrogens is 476 g/mol. The van der Waals surface area contributed by atoms with E-state index in [0.717, 1.165) is 11.1 Å². The smallest absolute Gasteiger partial charge is 0.173 e. The monoisotopic (exact) mass is 494 g/mol. The summed E-state index contributed by atoms with van der Waals surface area (Å²) < 4.78 is 6.37. The maximum absolute atomic E-state index is 13.3. The van der Waals surface area contributed by atoms with Crippen LogP contribution in [-0.4, -0.2) is 23.8 Å². The lowest BCUT2D eigenvalue weighted by atomic mass is 9.53. The van der Waals surface area contributed by atoms with Gasteiger partial charge < -0.3 is 9.84 Å². The molecule has 4 nitrogen and oxygen atoms in total. The van der Waals surface area contributed by atoms with Crippen LogP contribution in [0.5, 0.6) is 11.5 Å². The molecule has 0 fully saturated rings. The van der Waals surface area contributed by atoms with Crippen molar-refractivity contribution >= 4 is 43.4 Å². The summed E-state index contributed by atoms with van der Waals surface area (Å²) in [4.78, 5) is 26.0. The van der Waals surface area contributed by atoms with Crippen molar-refractivity contribution in [1.82, 2.24) is 0 Å². The lowest BCUT2D eigenvalue weighted by Crippen LogP contribution is -2.49. The van der Waals surface area contributed by atoms with Crippen molar-refractivity contribution in [2.24, 2.45) is 11.3 Å². The Balaban J connectivity index is 2.34. The molecule has 0 aromatic heterocycles. The number of aromatic hydroxyl groups is 1. The van der Waals surface area contributed by atoms with Gasteiger partial charge in [0.2, 0.25) is 0 Å². The molecule has 1 N–H and O–H groups in total. The number of fused-ring (bicyclic) bond motifs is 1. The zero-order valence-corrected chi connectivity index (χ0v) is 18.5. The van der Waals surface area contributed by atoms with E-state index >= 15 is 0 Å². The lowest BCUT2D eigenvalue weighted by Gasteiger charge is -2.47. The van der Waals surface area contributed by atoms with Gasteiger partial charge in [-0.25, -0.2) is 0 Å². The molecule has 0 bridgehead atoms. The van der Waals surface area contributed by atoms with Gasteiger partial charge in [0, 0.05) is 16.3 Å². The van der Waals surface area contributed by atoms with E-state index in [1.165, 1.54) is 13.2 Å². The normalized spacial score (nSPS) is 27.6. The molecule has 0 spiro atoms. The SMILES string of the molecule is C=CC1=CCC2C(=O)C=C(C)C(=O)C2(C)C1c1cc(OC)c(O)c(Br)c1Br. The maximum Gasteiger partial charge on any atom is 0.173 e. The predicted octanol–water partition coefficient (Wildman–Crippen LogP) is 5.25. The van der Waals surface area contributed by atoms with E-state index in [-0.39, 0.29) is 23.1 Å². The highest BCUT2D eigenvalue weighted by Gasteiger charge is 2.55.